The van der Waals surface area contributed by atoms with Gasteiger partial charge in [-0.2, -0.15) is 0 Å². The van der Waals surface area contributed by atoms with Gasteiger partial charge < -0.3 is 10.2 Å². The van der Waals surface area contributed by atoms with E-state index >= 15 is 0 Å². The van der Waals surface area contributed by atoms with E-state index in [1.165, 1.54) is 11.1 Å². The number of carbonyl (C=O) groups is 2. The Bertz CT molecular complexity index is 684. The zero-order valence-corrected chi connectivity index (χ0v) is 14.5. The van der Waals surface area contributed by atoms with E-state index in [-0.39, 0.29) is 35.1 Å². The van der Waals surface area contributed by atoms with Gasteiger partial charge in [-0.1, -0.05) is 38.1 Å². The molecule has 1 spiro atoms. The van der Waals surface area contributed by atoms with Gasteiger partial charge in [0, 0.05) is 24.4 Å². The molecule has 0 unspecified atom stereocenters. The van der Waals surface area contributed by atoms with E-state index in [1.807, 2.05) is 18.7 Å². The summed E-state index contributed by atoms with van der Waals surface area (Å²) in [5.74, 6) is 0.400. The van der Waals surface area contributed by atoms with Crippen LogP contribution in [-0.4, -0.2) is 35.8 Å². The number of aryl methyl sites for hydroxylation is 1. The predicted octanol–water partition coefficient (Wildman–Crippen LogP) is 2.26. The van der Waals surface area contributed by atoms with Crippen LogP contribution in [0.1, 0.15) is 44.2 Å². The number of fused-ring (bicyclic) bond motifs is 2. The van der Waals surface area contributed by atoms with Crippen LogP contribution < -0.4 is 5.32 Å². The number of hydrogen-bond donors (Lipinski definition) is 1. The normalized spacial score (nSPS) is 31.8. The van der Waals surface area contributed by atoms with E-state index in [4.69, 9.17) is 0 Å². The summed E-state index contributed by atoms with van der Waals surface area (Å²) in [5.41, 5.74) is 2.84. The van der Waals surface area contributed by atoms with Gasteiger partial charge in [0.1, 0.15) is 6.04 Å². The third-order valence-electron chi connectivity index (χ3n) is 6.17. The Balaban J connectivity index is 1.60. The predicted molar refractivity (Wildman–Crippen MR) is 92.5 cm³/mol. The van der Waals surface area contributed by atoms with Crippen molar-refractivity contribution in [1.29, 1.82) is 0 Å². The summed E-state index contributed by atoms with van der Waals surface area (Å²) in [4.78, 5) is 27.4. The van der Waals surface area contributed by atoms with E-state index in [1.54, 1.807) is 0 Å². The van der Waals surface area contributed by atoms with Crippen LogP contribution in [0.3, 0.4) is 0 Å². The van der Waals surface area contributed by atoms with Crippen LogP contribution in [0.2, 0.25) is 0 Å². The minimum absolute atomic E-state index is 0.00310. The zero-order valence-electron chi connectivity index (χ0n) is 14.5. The third kappa shape index (κ3) is 2.27. The maximum atomic E-state index is 13.2. The number of benzene rings is 1. The SMILES string of the molecule is CC(C)[C@@H]1C(=O)NCCN1C(=O)[C@H]1C[C@]12CCCc1ccccc12. The van der Waals surface area contributed by atoms with E-state index in [0.29, 0.717) is 13.1 Å². The Morgan fingerprint density at radius 3 is 2.92 bits per heavy atom. The number of rotatable bonds is 2. The van der Waals surface area contributed by atoms with Gasteiger partial charge in [-0.05, 0) is 42.7 Å². The van der Waals surface area contributed by atoms with E-state index in [2.05, 4.69) is 29.6 Å². The molecular weight excluding hydrogens is 300 g/mol. The van der Waals surface area contributed by atoms with Gasteiger partial charge in [0.05, 0.1) is 0 Å². The Labute approximate surface area is 143 Å². The molecule has 3 aliphatic rings. The second-order valence-electron chi connectivity index (χ2n) is 7.94. The summed E-state index contributed by atoms with van der Waals surface area (Å²) in [5, 5.41) is 2.91. The standard InChI is InChI=1S/C20H26N2O2/c1-13(2)17-18(23)21-10-11-22(17)19(24)16-12-20(16)9-5-7-14-6-3-4-8-15(14)20/h3-4,6,8,13,16-17H,5,7,9-12H2,1-2H3,(H,21,23)/t16-,17-,20+/m1/s1. The number of nitrogens with zero attached hydrogens (tertiary/aromatic N) is 1. The molecule has 2 amide bonds. The van der Waals surface area contributed by atoms with Crippen LogP contribution in [-0.2, 0) is 21.4 Å². The van der Waals surface area contributed by atoms with Crippen molar-refractivity contribution in [2.24, 2.45) is 11.8 Å². The lowest BCUT2D eigenvalue weighted by atomic mass is 9.78. The monoisotopic (exact) mass is 326 g/mol. The van der Waals surface area contributed by atoms with Crippen molar-refractivity contribution in [3.05, 3.63) is 35.4 Å². The molecule has 0 bridgehead atoms. The van der Waals surface area contributed by atoms with Crippen molar-refractivity contribution in [3.63, 3.8) is 0 Å². The average molecular weight is 326 g/mol. The molecule has 24 heavy (non-hydrogen) atoms. The first-order valence-electron chi connectivity index (χ1n) is 9.21. The molecule has 3 atom stereocenters. The van der Waals surface area contributed by atoms with Gasteiger partial charge in [0.15, 0.2) is 0 Å². The molecule has 1 aromatic rings. The molecule has 1 aliphatic heterocycles. The molecular formula is C20H26N2O2. The highest BCUT2D eigenvalue weighted by atomic mass is 16.2. The molecule has 1 N–H and O–H groups in total. The van der Waals surface area contributed by atoms with Crippen LogP contribution in [0.25, 0.3) is 0 Å². The molecule has 4 nitrogen and oxygen atoms in total. The molecule has 2 fully saturated rings. The first kappa shape index (κ1) is 15.7. The molecule has 1 saturated carbocycles. The summed E-state index contributed by atoms with van der Waals surface area (Å²) in [7, 11) is 0. The van der Waals surface area contributed by atoms with Crippen LogP contribution in [0, 0.1) is 11.8 Å². The maximum absolute atomic E-state index is 13.2. The minimum Gasteiger partial charge on any atom is -0.353 e. The van der Waals surface area contributed by atoms with Crippen molar-refractivity contribution in [1.82, 2.24) is 10.2 Å². The molecule has 4 rings (SSSR count). The van der Waals surface area contributed by atoms with E-state index in [0.717, 1.165) is 25.7 Å². The first-order chi connectivity index (χ1) is 11.5. The van der Waals surface area contributed by atoms with Crippen LogP contribution >= 0.6 is 0 Å². The van der Waals surface area contributed by atoms with Gasteiger partial charge in [0.2, 0.25) is 11.8 Å². The second kappa shape index (κ2) is 5.61. The lowest BCUT2D eigenvalue weighted by Crippen LogP contribution is -2.59. The van der Waals surface area contributed by atoms with Crippen LogP contribution in [0.4, 0.5) is 0 Å². The van der Waals surface area contributed by atoms with Crippen molar-refractivity contribution >= 4 is 11.8 Å². The molecule has 4 heteroatoms. The lowest BCUT2D eigenvalue weighted by molar-refractivity contribution is -0.146. The molecule has 2 aliphatic carbocycles. The molecule has 1 aromatic carbocycles. The van der Waals surface area contributed by atoms with Gasteiger partial charge in [-0.25, -0.2) is 0 Å². The smallest absolute Gasteiger partial charge is 0.243 e. The Morgan fingerprint density at radius 1 is 1.33 bits per heavy atom. The Morgan fingerprint density at radius 2 is 2.12 bits per heavy atom. The Kier molecular flexibility index (Phi) is 3.66. The first-order valence-corrected chi connectivity index (χ1v) is 9.21. The largest absolute Gasteiger partial charge is 0.353 e. The van der Waals surface area contributed by atoms with Crippen molar-refractivity contribution in [2.75, 3.05) is 13.1 Å². The number of hydrogen-bond acceptors (Lipinski definition) is 2. The molecule has 0 radical (unpaired) electrons. The quantitative estimate of drug-likeness (QED) is 0.906. The maximum Gasteiger partial charge on any atom is 0.243 e. The molecule has 128 valence electrons. The van der Waals surface area contributed by atoms with Crippen LogP contribution in [0.15, 0.2) is 24.3 Å². The summed E-state index contributed by atoms with van der Waals surface area (Å²) in [6.45, 7) is 5.26. The van der Waals surface area contributed by atoms with Gasteiger partial charge in [-0.15, -0.1) is 0 Å². The van der Waals surface area contributed by atoms with Gasteiger partial charge >= 0.3 is 0 Å². The fourth-order valence-electron chi connectivity index (χ4n) is 4.95. The fourth-order valence-corrected chi connectivity index (χ4v) is 4.95. The third-order valence-corrected chi connectivity index (χ3v) is 6.17. The van der Waals surface area contributed by atoms with E-state index in [9.17, 15) is 9.59 Å². The van der Waals surface area contributed by atoms with Gasteiger partial charge in [0.25, 0.3) is 0 Å². The molecule has 1 saturated heterocycles. The van der Waals surface area contributed by atoms with Gasteiger partial charge in [-0.3, -0.25) is 9.59 Å². The highest BCUT2D eigenvalue weighted by Gasteiger charge is 2.61. The lowest BCUT2D eigenvalue weighted by Gasteiger charge is -2.38. The van der Waals surface area contributed by atoms with Crippen molar-refractivity contribution in [2.45, 2.75) is 51.0 Å². The molecule has 0 aromatic heterocycles. The topological polar surface area (TPSA) is 49.4 Å². The van der Waals surface area contributed by atoms with E-state index < -0.39 is 0 Å². The number of nitrogens with one attached hydrogen (secondary N) is 1. The van der Waals surface area contributed by atoms with Crippen LogP contribution in [0.5, 0.6) is 0 Å². The van der Waals surface area contributed by atoms with Crippen molar-refractivity contribution in [3.8, 4) is 0 Å². The minimum atomic E-state index is -0.317. The summed E-state index contributed by atoms with van der Waals surface area (Å²) < 4.78 is 0. The average Bonchev–Trinajstić information content (AvgIpc) is 3.29. The highest BCUT2D eigenvalue weighted by molar-refractivity contribution is 5.92. The second-order valence-corrected chi connectivity index (χ2v) is 7.94. The molecule has 1 heterocycles. The fraction of sp³-hybridized carbons (Fsp3) is 0.600. The summed E-state index contributed by atoms with van der Waals surface area (Å²) in [6, 6.07) is 8.30. The zero-order chi connectivity index (χ0) is 16.9. The Hall–Kier alpha value is -1.84. The summed E-state index contributed by atoms with van der Waals surface area (Å²) >= 11 is 0. The number of carbonyl (C=O) groups excluding carboxylic acids is 2. The number of piperazine rings is 1. The van der Waals surface area contributed by atoms with Crippen molar-refractivity contribution < 1.29 is 9.59 Å². The number of amides is 2. The highest BCUT2D eigenvalue weighted by Crippen LogP contribution is 2.61. The summed E-state index contributed by atoms with van der Waals surface area (Å²) in [6.07, 6.45) is 4.34.